The van der Waals surface area contributed by atoms with Gasteiger partial charge in [0.25, 0.3) is 0 Å². The number of nitrogens with zero attached hydrogens (tertiary/aromatic N) is 3. The second-order valence-corrected chi connectivity index (χ2v) is 14.2. The van der Waals surface area contributed by atoms with Crippen LogP contribution in [0.25, 0.3) is 69.8 Å². The SMILES string of the molecule is C1=CCc2nc(N3C4=CC=CCC4c4c3c3sc5ccc6ccccc6c5c3c3ccccc43)c(-c3cccc4ccccc34)nc2C=C1. The summed E-state index contributed by atoms with van der Waals surface area (Å²) in [5.74, 6) is 1.13. The van der Waals surface area contributed by atoms with Crippen molar-refractivity contribution in [3.05, 3.63) is 162 Å². The fourth-order valence-corrected chi connectivity index (χ4v) is 9.74. The molecule has 0 radical (unpaired) electrons. The average molecular weight is 644 g/mol. The zero-order chi connectivity index (χ0) is 32.1. The number of fused-ring (bicyclic) bond motifs is 14. The summed E-state index contributed by atoms with van der Waals surface area (Å²) in [4.78, 5) is 13.6. The van der Waals surface area contributed by atoms with E-state index in [1.165, 1.54) is 69.4 Å². The fourth-order valence-electron chi connectivity index (χ4n) is 8.46. The number of allylic oxidation sites excluding steroid dienone is 7. The van der Waals surface area contributed by atoms with Crippen molar-refractivity contribution in [1.82, 2.24) is 9.97 Å². The molecule has 230 valence electrons. The van der Waals surface area contributed by atoms with E-state index in [9.17, 15) is 0 Å². The van der Waals surface area contributed by atoms with Crippen LogP contribution in [0, 0.1) is 0 Å². The first kappa shape index (κ1) is 27.1. The molecule has 0 spiro atoms. The Kier molecular flexibility index (Phi) is 5.72. The molecule has 3 aliphatic rings. The predicted molar refractivity (Wildman–Crippen MR) is 208 cm³/mol. The number of hydrogen-bond acceptors (Lipinski definition) is 4. The first-order chi connectivity index (χ1) is 24.3. The van der Waals surface area contributed by atoms with Gasteiger partial charge >= 0.3 is 0 Å². The highest BCUT2D eigenvalue weighted by molar-refractivity contribution is 7.26. The number of rotatable bonds is 2. The quantitative estimate of drug-likeness (QED) is 0.188. The average Bonchev–Trinajstić information content (AvgIpc) is 3.63. The molecule has 11 rings (SSSR count). The highest BCUT2D eigenvalue weighted by Crippen LogP contribution is 2.59. The van der Waals surface area contributed by atoms with Crippen LogP contribution in [0.15, 0.2) is 145 Å². The van der Waals surface area contributed by atoms with Crippen LogP contribution in [0.1, 0.15) is 29.3 Å². The summed E-state index contributed by atoms with van der Waals surface area (Å²) < 4.78 is 2.63. The molecule has 0 fully saturated rings. The number of hydrogen-bond donors (Lipinski definition) is 0. The summed E-state index contributed by atoms with van der Waals surface area (Å²) in [7, 11) is 0. The van der Waals surface area contributed by atoms with Crippen LogP contribution in [0.4, 0.5) is 11.5 Å². The van der Waals surface area contributed by atoms with E-state index in [1.807, 2.05) is 11.3 Å². The molecule has 0 N–H and O–H groups in total. The first-order valence-corrected chi connectivity index (χ1v) is 17.8. The van der Waals surface area contributed by atoms with E-state index in [2.05, 4.69) is 151 Å². The molecule has 0 bridgehead atoms. The summed E-state index contributed by atoms with van der Waals surface area (Å²) >= 11 is 1.92. The molecule has 0 saturated carbocycles. The lowest BCUT2D eigenvalue weighted by Gasteiger charge is -2.27. The van der Waals surface area contributed by atoms with E-state index in [-0.39, 0.29) is 5.92 Å². The summed E-state index contributed by atoms with van der Waals surface area (Å²) in [5, 5.41) is 10.3. The highest BCUT2D eigenvalue weighted by Gasteiger charge is 2.41. The van der Waals surface area contributed by atoms with Gasteiger partial charge in [0.2, 0.25) is 0 Å². The zero-order valence-electron chi connectivity index (χ0n) is 26.6. The summed E-state index contributed by atoms with van der Waals surface area (Å²) in [5.41, 5.74) is 7.88. The minimum absolute atomic E-state index is 0.219. The van der Waals surface area contributed by atoms with Gasteiger partial charge in [0.1, 0.15) is 5.69 Å². The lowest BCUT2D eigenvalue weighted by molar-refractivity contribution is 0.820. The Bertz CT molecular complexity index is 2840. The predicted octanol–water partition coefficient (Wildman–Crippen LogP) is 12.2. The third-order valence-corrected chi connectivity index (χ3v) is 11.7. The van der Waals surface area contributed by atoms with Crippen LogP contribution in [-0.2, 0) is 6.42 Å². The van der Waals surface area contributed by atoms with E-state index in [4.69, 9.17) is 9.97 Å². The summed E-state index contributed by atoms with van der Waals surface area (Å²) in [6.45, 7) is 0. The highest BCUT2D eigenvalue weighted by atomic mass is 32.1. The summed E-state index contributed by atoms with van der Waals surface area (Å²) in [6.07, 6.45) is 17.0. The molecule has 49 heavy (non-hydrogen) atoms. The Balaban J connectivity index is 1.31. The Morgan fingerprint density at radius 3 is 2.33 bits per heavy atom. The lowest BCUT2D eigenvalue weighted by atomic mass is 9.87. The third-order valence-electron chi connectivity index (χ3n) is 10.5. The molecular weight excluding hydrogens is 615 g/mol. The van der Waals surface area contributed by atoms with Gasteiger partial charge in [-0.2, -0.15) is 0 Å². The largest absolute Gasteiger partial charge is 0.295 e. The van der Waals surface area contributed by atoms with Gasteiger partial charge in [0.05, 0.1) is 21.8 Å². The van der Waals surface area contributed by atoms with E-state index in [1.54, 1.807) is 0 Å². The van der Waals surface area contributed by atoms with E-state index >= 15 is 0 Å². The maximum atomic E-state index is 5.62. The zero-order valence-corrected chi connectivity index (χ0v) is 27.4. The van der Waals surface area contributed by atoms with Crippen molar-refractivity contribution >= 4 is 81.4 Å². The van der Waals surface area contributed by atoms with Crippen LogP contribution >= 0.6 is 11.3 Å². The van der Waals surface area contributed by atoms with Gasteiger partial charge in [-0.1, -0.05) is 127 Å². The first-order valence-electron chi connectivity index (χ1n) is 17.0. The van der Waals surface area contributed by atoms with Crippen LogP contribution in [0.5, 0.6) is 0 Å². The standard InChI is InChI=1S/C45H29N3S/c1-2-22-35-36(23-3-1)47-45(42(46-35)33-21-12-15-27-13-4-6-16-29(27)33)48-37-24-11-10-20-34(37)39-31-18-8-9-19-32(31)41-40-30-17-7-5-14-28(30)25-26-38(40)49-44(41)43(39)48/h1-19,21-22,24-26,34H,20,23H2. The molecule has 2 aromatic heterocycles. The Morgan fingerprint density at radius 1 is 0.653 bits per heavy atom. The molecule has 0 amide bonds. The maximum Gasteiger partial charge on any atom is 0.164 e. The molecule has 2 aliphatic carbocycles. The second-order valence-electron chi connectivity index (χ2n) is 13.2. The van der Waals surface area contributed by atoms with Crippen LogP contribution in [0.3, 0.4) is 0 Å². The van der Waals surface area contributed by atoms with Crippen LogP contribution in [-0.4, -0.2) is 9.97 Å². The third kappa shape index (κ3) is 3.83. The summed E-state index contributed by atoms with van der Waals surface area (Å²) in [6, 6.07) is 37.7. The lowest BCUT2D eigenvalue weighted by Crippen LogP contribution is -2.19. The van der Waals surface area contributed by atoms with Gasteiger partial charge in [-0.25, -0.2) is 9.97 Å². The van der Waals surface area contributed by atoms with Crippen molar-refractivity contribution in [1.29, 1.82) is 0 Å². The second kappa shape index (κ2) is 10.3. The molecule has 1 aliphatic heterocycles. The molecule has 3 heterocycles. The Hall–Kier alpha value is -5.84. The minimum atomic E-state index is 0.219. The number of benzene rings is 6. The molecule has 3 nitrogen and oxygen atoms in total. The van der Waals surface area contributed by atoms with Crippen LogP contribution in [0.2, 0.25) is 0 Å². The normalized spacial score (nSPS) is 16.4. The molecule has 6 aromatic carbocycles. The van der Waals surface area contributed by atoms with E-state index < -0.39 is 0 Å². The smallest absolute Gasteiger partial charge is 0.164 e. The van der Waals surface area contributed by atoms with Crippen molar-refractivity contribution < 1.29 is 0 Å². The van der Waals surface area contributed by atoms with E-state index in [0.717, 1.165) is 41.3 Å². The monoisotopic (exact) mass is 643 g/mol. The van der Waals surface area contributed by atoms with Crippen molar-refractivity contribution in [2.24, 2.45) is 0 Å². The molecular formula is C45H29N3S. The number of anilines is 2. The molecule has 1 unspecified atom stereocenters. The van der Waals surface area contributed by atoms with Gasteiger partial charge in [-0.05, 0) is 62.5 Å². The van der Waals surface area contributed by atoms with Gasteiger partial charge in [0, 0.05) is 39.1 Å². The molecule has 4 heteroatoms. The van der Waals surface area contributed by atoms with Crippen molar-refractivity contribution in [3.8, 4) is 11.3 Å². The van der Waals surface area contributed by atoms with Gasteiger partial charge in [0.15, 0.2) is 5.82 Å². The van der Waals surface area contributed by atoms with E-state index in [0.29, 0.717) is 0 Å². The van der Waals surface area contributed by atoms with Crippen molar-refractivity contribution in [2.45, 2.75) is 18.8 Å². The number of thiophene rings is 1. The Labute approximate surface area is 287 Å². The fraction of sp³-hybridized carbons (Fsp3) is 0.0667. The molecule has 1 atom stereocenters. The number of aromatic nitrogens is 2. The molecule has 8 aromatic rings. The van der Waals surface area contributed by atoms with Gasteiger partial charge in [-0.3, -0.25) is 4.90 Å². The van der Waals surface area contributed by atoms with Crippen molar-refractivity contribution in [3.63, 3.8) is 0 Å². The van der Waals surface area contributed by atoms with Gasteiger partial charge < -0.3 is 0 Å². The topological polar surface area (TPSA) is 29.0 Å². The molecule has 0 saturated heterocycles. The maximum absolute atomic E-state index is 5.62. The Morgan fingerprint density at radius 2 is 1.43 bits per heavy atom. The van der Waals surface area contributed by atoms with Crippen molar-refractivity contribution in [2.75, 3.05) is 4.90 Å². The minimum Gasteiger partial charge on any atom is -0.295 e. The van der Waals surface area contributed by atoms with Gasteiger partial charge in [-0.15, -0.1) is 11.3 Å². The van der Waals surface area contributed by atoms with Crippen LogP contribution < -0.4 is 4.90 Å².